The van der Waals surface area contributed by atoms with Gasteiger partial charge in [0.2, 0.25) is 10.0 Å². The molecule has 0 aliphatic carbocycles. The van der Waals surface area contributed by atoms with Gasteiger partial charge in [-0.05, 0) is 12.5 Å². The maximum atomic E-state index is 11.8. The zero-order chi connectivity index (χ0) is 12.9. The van der Waals surface area contributed by atoms with Crippen LogP contribution in [-0.4, -0.2) is 19.9 Å². The van der Waals surface area contributed by atoms with Crippen LogP contribution in [0.1, 0.15) is 12.8 Å². The third kappa shape index (κ3) is 4.17. The van der Waals surface area contributed by atoms with Crippen molar-refractivity contribution in [2.45, 2.75) is 17.7 Å². The Balaban J connectivity index is 2.76. The lowest BCUT2D eigenvalue weighted by Crippen LogP contribution is -2.24. The van der Waals surface area contributed by atoms with Crippen molar-refractivity contribution >= 4 is 33.2 Å². The van der Waals surface area contributed by atoms with E-state index in [4.69, 9.17) is 29.6 Å². The van der Waals surface area contributed by atoms with E-state index >= 15 is 0 Å². The average molecular weight is 293 g/mol. The summed E-state index contributed by atoms with van der Waals surface area (Å²) in [5.74, 6) is 2.42. The Bertz CT molecular complexity index is 538. The quantitative estimate of drug-likeness (QED) is 0.513. The molecule has 17 heavy (non-hydrogen) atoms. The van der Waals surface area contributed by atoms with Crippen LogP contribution >= 0.6 is 23.2 Å². The monoisotopic (exact) mass is 292 g/mol. The SMILES string of the molecule is C#CCCCNS(=O)(=O)c1cnc(Cl)c(Cl)c1. The van der Waals surface area contributed by atoms with Gasteiger partial charge >= 0.3 is 0 Å². The number of nitrogens with zero attached hydrogens (tertiary/aromatic N) is 1. The van der Waals surface area contributed by atoms with Crippen molar-refractivity contribution in [3.05, 3.63) is 22.4 Å². The van der Waals surface area contributed by atoms with Crippen molar-refractivity contribution in [2.75, 3.05) is 6.54 Å². The molecule has 0 amide bonds. The van der Waals surface area contributed by atoms with Crippen LogP contribution in [0, 0.1) is 12.3 Å². The minimum Gasteiger partial charge on any atom is -0.242 e. The summed E-state index contributed by atoms with van der Waals surface area (Å²) >= 11 is 11.3. The maximum Gasteiger partial charge on any atom is 0.242 e. The molecule has 0 fully saturated rings. The van der Waals surface area contributed by atoms with Gasteiger partial charge in [-0.2, -0.15) is 0 Å². The van der Waals surface area contributed by atoms with Crippen LogP contribution < -0.4 is 4.72 Å². The predicted octanol–water partition coefficient (Wildman–Crippen LogP) is 2.08. The lowest BCUT2D eigenvalue weighted by Gasteiger charge is -2.06. The smallest absolute Gasteiger partial charge is 0.242 e. The second-order valence-corrected chi connectivity index (χ2v) is 5.68. The van der Waals surface area contributed by atoms with Crippen molar-refractivity contribution in [3.63, 3.8) is 0 Å². The second-order valence-electron chi connectivity index (χ2n) is 3.15. The molecule has 1 aromatic rings. The van der Waals surface area contributed by atoms with Crippen molar-refractivity contribution < 1.29 is 8.42 Å². The normalized spacial score (nSPS) is 11.1. The Morgan fingerprint density at radius 3 is 2.76 bits per heavy atom. The fourth-order valence-electron chi connectivity index (χ4n) is 1.03. The molecule has 0 saturated carbocycles. The summed E-state index contributed by atoms with van der Waals surface area (Å²) in [6, 6.07) is 1.25. The number of aromatic nitrogens is 1. The largest absolute Gasteiger partial charge is 0.242 e. The molecule has 4 nitrogen and oxygen atoms in total. The summed E-state index contributed by atoms with van der Waals surface area (Å²) in [7, 11) is -3.60. The van der Waals surface area contributed by atoms with Crippen LogP contribution in [0.4, 0.5) is 0 Å². The van der Waals surface area contributed by atoms with Crippen LogP contribution in [0.25, 0.3) is 0 Å². The molecular weight excluding hydrogens is 283 g/mol. The van der Waals surface area contributed by atoms with Crippen LogP contribution in [0.2, 0.25) is 10.2 Å². The minimum absolute atomic E-state index is 0.0207. The van der Waals surface area contributed by atoms with Crippen LogP contribution in [0.3, 0.4) is 0 Å². The van der Waals surface area contributed by atoms with Gasteiger partial charge in [0.15, 0.2) is 0 Å². The number of unbranched alkanes of at least 4 members (excludes halogenated alkanes) is 1. The molecule has 0 spiro atoms. The Morgan fingerprint density at radius 1 is 1.47 bits per heavy atom. The highest BCUT2D eigenvalue weighted by Gasteiger charge is 2.15. The highest BCUT2D eigenvalue weighted by Crippen LogP contribution is 2.21. The number of hydrogen-bond acceptors (Lipinski definition) is 3. The van der Waals surface area contributed by atoms with Gasteiger partial charge in [0, 0.05) is 19.2 Å². The van der Waals surface area contributed by atoms with E-state index < -0.39 is 10.0 Å². The van der Waals surface area contributed by atoms with E-state index in [1.807, 2.05) is 0 Å². The molecule has 0 radical (unpaired) electrons. The van der Waals surface area contributed by atoms with Crippen molar-refractivity contribution in [2.24, 2.45) is 0 Å². The van der Waals surface area contributed by atoms with Gasteiger partial charge in [-0.3, -0.25) is 0 Å². The van der Waals surface area contributed by atoms with Crippen LogP contribution in [0.5, 0.6) is 0 Å². The fraction of sp³-hybridized carbons (Fsp3) is 0.300. The highest BCUT2D eigenvalue weighted by molar-refractivity contribution is 7.89. The molecule has 92 valence electrons. The molecule has 1 heterocycles. The molecule has 0 aliphatic heterocycles. The van der Waals surface area contributed by atoms with Crippen molar-refractivity contribution in [1.29, 1.82) is 0 Å². The first-order valence-electron chi connectivity index (χ1n) is 4.71. The van der Waals surface area contributed by atoms with Gasteiger partial charge in [-0.1, -0.05) is 23.2 Å². The summed E-state index contributed by atoms with van der Waals surface area (Å²) in [6.07, 6.45) is 7.30. The molecule has 1 N–H and O–H groups in total. The van der Waals surface area contributed by atoms with E-state index in [-0.39, 0.29) is 21.6 Å². The summed E-state index contributed by atoms with van der Waals surface area (Å²) in [5.41, 5.74) is 0. The third-order valence-corrected chi connectivity index (χ3v) is 3.99. The zero-order valence-electron chi connectivity index (χ0n) is 8.78. The first-order chi connectivity index (χ1) is 7.97. The number of hydrogen-bond donors (Lipinski definition) is 1. The van der Waals surface area contributed by atoms with E-state index in [1.165, 1.54) is 6.07 Å². The van der Waals surface area contributed by atoms with Crippen LogP contribution in [-0.2, 0) is 10.0 Å². The highest BCUT2D eigenvalue weighted by atomic mass is 35.5. The van der Waals surface area contributed by atoms with Gasteiger partial charge in [0.25, 0.3) is 0 Å². The second kappa shape index (κ2) is 6.22. The molecular formula is C10H10Cl2N2O2S. The van der Waals surface area contributed by atoms with Crippen molar-refractivity contribution in [1.82, 2.24) is 9.71 Å². The van der Waals surface area contributed by atoms with Crippen LogP contribution in [0.15, 0.2) is 17.2 Å². The van der Waals surface area contributed by atoms with E-state index in [0.29, 0.717) is 12.8 Å². The number of terminal acetylenes is 1. The summed E-state index contributed by atoms with van der Waals surface area (Å²) in [6.45, 7) is 0.271. The van der Waals surface area contributed by atoms with E-state index in [9.17, 15) is 8.42 Å². The first-order valence-corrected chi connectivity index (χ1v) is 6.95. The topological polar surface area (TPSA) is 59.1 Å². The third-order valence-electron chi connectivity index (χ3n) is 1.87. The summed E-state index contributed by atoms with van der Waals surface area (Å²) in [5, 5.41) is 0.163. The van der Waals surface area contributed by atoms with Gasteiger partial charge in [0.1, 0.15) is 10.0 Å². The number of sulfonamides is 1. The molecule has 0 atom stereocenters. The first kappa shape index (κ1) is 14.3. The standard InChI is InChI=1S/C10H10Cl2N2O2S/c1-2-3-4-5-14-17(15,16)8-6-9(11)10(12)13-7-8/h1,6-7,14H,3-5H2. The maximum absolute atomic E-state index is 11.8. The van der Waals surface area contributed by atoms with Gasteiger partial charge in [-0.15, -0.1) is 12.3 Å². The Morgan fingerprint density at radius 2 is 2.18 bits per heavy atom. The molecule has 0 aliphatic rings. The van der Waals surface area contributed by atoms with Gasteiger partial charge in [-0.25, -0.2) is 18.1 Å². The lowest BCUT2D eigenvalue weighted by atomic mass is 10.3. The fourth-order valence-corrected chi connectivity index (χ4v) is 2.41. The minimum atomic E-state index is -3.60. The number of halogens is 2. The summed E-state index contributed by atoms with van der Waals surface area (Å²) < 4.78 is 25.9. The van der Waals surface area contributed by atoms with Crippen molar-refractivity contribution in [3.8, 4) is 12.3 Å². The number of rotatable bonds is 5. The zero-order valence-corrected chi connectivity index (χ0v) is 11.1. The van der Waals surface area contributed by atoms with Gasteiger partial charge in [0.05, 0.1) is 5.02 Å². The molecule has 0 aromatic carbocycles. The van der Waals surface area contributed by atoms with E-state index in [0.717, 1.165) is 6.20 Å². The summed E-state index contributed by atoms with van der Waals surface area (Å²) in [4.78, 5) is 3.65. The number of nitrogens with one attached hydrogen (secondary N) is 1. The van der Waals surface area contributed by atoms with E-state index in [1.54, 1.807) is 0 Å². The molecule has 0 saturated heterocycles. The Kier molecular flexibility index (Phi) is 5.22. The van der Waals surface area contributed by atoms with Gasteiger partial charge < -0.3 is 0 Å². The molecule has 7 heteroatoms. The number of pyridine rings is 1. The van der Waals surface area contributed by atoms with E-state index in [2.05, 4.69) is 15.6 Å². The molecule has 0 unspecified atom stereocenters. The molecule has 1 aromatic heterocycles. The predicted molar refractivity (Wildman–Crippen MR) is 67.5 cm³/mol. The lowest BCUT2D eigenvalue weighted by molar-refractivity contribution is 0.579. The average Bonchev–Trinajstić information content (AvgIpc) is 2.28. The Hall–Kier alpha value is -0.800. The molecule has 1 rings (SSSR count). The molecule has 0 bridgehead atoms. The Labute approximate surface area is 110 Å².